The SMILES string of the molecule is Cc1ccc(S(N)(=O)=O)cc1NC(=O)c1cccs1. The molecule has 0 atom stereocenters. The molecule has 1 amide bonds. The Bertz CT molecular complexity index is 707. The number of amides is 1. The number of nitrogens with two attached hydrogens (primary N) is 1. The van der Waals surface area contributed by atoms with Gasteiger partial charge in [-0.3, -0.25) is 4.79 Å². The molecule has 2 rings (SSSR count). The van der Waals surface area contributed by atoms with E-state index in [2.05, 4.69) is 5.32 Å². The van der Waals surface area contributed by atoms with E-state index in [4.69, 9.17) is 5.14 Å². The van der Waals surface area contributed by atoms with Gasteiger partial charge in [-0.2, -0.15) is 0 Å². The van der Waals surface area contributed by atoms with Gasteiger partial charge in [0.25, 0.3) is 5.91 Å². The molecule has 0 unspecified atom stereocenters. The van der Waals surface area contributed by atoms with Crippen LogP contribution in [0, 0.1) is 6.92 Å². The number of primary sulfonamides is 1. The summed E-state index contributed by atoms with van der Waals surface area (Å²) in [5.41, 5.74) is 1.20. The van der Waals surface area contributed by atoms with Crippen molar-refractivity contribution in [2.24, 2.45) is 5.14 Å². The average Bonchev–Trinajstić information content (AvgIpc) is 2.84. The van der Waals surface area contributed by atoms with Gasteiger partial charge >= 0.3 is 0 Å². The molecule has 1 heterocycles. The second-order valence-electron chi connectivity index (χ2n) is 3.95. The molecule has 5 nitrogen and oxygen atoms in total. The lowest BCUT2D eigenvalue weighted by molar-refractivity contribution is 0.103. The molecular weight excluding hydrogens is 284 g/mol. The van der Waals surface area contributed by atoms with Crippen LogP contribution in [0.1, 0.15) is 15.2 Å². The molecule has 0 aliphatic rings. The maximum Gasteiger partial charge on any atom is 0.265 e. The van der Waals surface area contributed by atoms with Crippen molar-refractivity contribution in [3.8, 4) is 0 Å². The van der Waals surface area contributed by atoms with E-state index in [-0.39, 0.29) is 10.8 Å². The van der Waals surface area contributed by atoms with Crippen LogP contribution in [0.2, 0.25) is 0 Å². The molecule has 0 spiro atoms. The van der Waals surface area contributed by atoms with Gasteiger partial charge in [0.1, 0.15) is 0 Å². The van der Waals surface area contributed by atoms with E-state index in [0.717, 1.165) is 5.56 Å². The molecule has 3 N–H and O–H groups in total. The second-order valence-corrected chi connectivity index (χ2v) is 6.46. The van der Waals surface area contributed by atoms with Crippen LogP contribution in [-0.4, -0.2) is 14.3 Å². The number of carbonyl (C=O) groups excluding carboxylic acids is 1. The van der Waals surface area contributed by atoms with Crippen LogP contribution in [-0.2, 0) is 10.0 Å². The van der Waals surface area contributed by atoms with Crippen LogP contribution in [0.15, 0.2) is 40.6 Å². The predicted octanol–water partition coefficient (Wildman–Crippen LogP) is 1.96. The Morgan fingerprint density at radius 1 is 1.32 bits per heavy atom. The summed E-state index contributed by atoms with van der Waals surface area (Å²) < 4.78 is 22.6. The van der Waals surface area contributed by atoms with E-state index in [1.807, 2.05) is 0 Å². The smallest absolute Gasteiger partial charge is 0.265 e. The van der Waals surface area contributed by atoms with Crippen molar-refractivity contribution in [2.45, 2.75) is 11.8 Å². The molecule has 100 valence electrons. The van der Waals surface area contributed by atoms with E-state index in [9.17, 15) is 13.2 Å². The standard InChI is InChI=1S/C12H12N2O3S2/c1-8-4-5-9(19(13,16)17)7-10(8)14-12(15)11-3-2-6-18-11/h2-7H,1H3,(H,14,15)(H2,13,16,17). The maximum absolute atomic E-state index is 11.9. The lowest BCUT2D eigenvalue weighted by Crippen LogP contribution is -2.15. The van der Waals surface area contributed by atoms with Gasteiger partial charge in [0.2, 0.25) is 10.0 Å². The first-order valence-corrected chi connectivity index (χ1v) is 7.79. The Morgan fingerprint density at radius 2 is 2.05 bits per heavy atom. The minimum absolute atomic E-state index is 0.0282. The zero-order valence-electron chi connectivity index (χ0n) is 10.1. The highest BCUT2D eigenvalue weighted by molar-refractivity contribution is 7.89. The lowest BCUT2D eigenvalue weighted by atomic mass is 10.2. The van der Waals surface area contributed by atoms with Gasteiger partial charge in [-0.25, -0.2) is 13.6 Å². The third kappa shape index (κ3) is 3.19. The molecule has 0 aliphatic heterocycles. The summed E-state index contributed by atoms with van der Waals surface area (Å²) in [6.07, 6.45) is 0. The van der Waals surface area contributed by atoms with Crippen LogP contribution in [0.3, 0.4) is 0 Å². The van der Waals surface area contributed by atoms with Crippen LogP contribution in [0.25, 0.3) is 0 Å². The van der Waals surface area contributed by atoms with E-state index in [0.29, 0.717) is 10.6 Å². The first-order valence-electron chi connectivity index (χ1n) is 5.36. The highest BCUT2D eigenvalue weighted by Gasteiger charge is 2.13. The van der Waals surface area contributed by atoms with Gasteiger partial charge < -0.3 is 5.32 Å². The molecule has 0 saturated carbocycles. The van der Waals surface area contributed by atoms with Crippen LogP contribution < -0.4 is 10.5 Å². The van der Waals surface area contributed by atoms with Crippen LogP contribution >= 0.6 is 11.3 Å². The number of rotatable bonds is 3. The quantitative estimate of drug-likeness (QED) is 0.907. The van der Waals surface area contributed by atoms with Gasteiger partial charge in [0, 0.05) is 5.69 Å². The van der Waals surface area contributed by atoms with Crippen molar-refractivity contribution in [1.29, 1.82) is 0 Å². The fraction of sp³-hybridized carbons (Fsp3) is 0.0833. The zero-order chi connectivity index (χ0) is 14.0. The van der Waals surface area contributed by atoms with Crippen molar-refractivity contribution in [2.75, 3.05) is 5.32 Å². The molecule has 7 heteroatoms. The number of benzene rings is 1. The van der Waals surface area contributed by atoms with Crippen molar-refractivity contribution in [3.05, 3.63) is 46.2 Å². The van der Waals surface area contributed by atoms with E-state index in [1.165, 1.54) is 23.5 Å². The van der Waals surface area contributed by atoms with E-state index >= 15 is 0 Å². The van der Waals surface area contributed by atoms with E-state index < -0.39 is 10.0 Å². The minimum Gasteiger partial charge on any atom is -0.321 e. The maximum atomic E-state index is 11.9. The Kier molecular flexibility index (Phi) is 3.70. The number of hydrogen-bond acceptors (Lipinski definition) is 4. The summed E-state index contributed by atoms with van der Waals surface area (Å²) in [7, 11) is -3.78. The number of anilines is 1. The van der Waals surface area contributed by atoms with Gasteiger partial charge in [-0.05, 0) is 36.1 Å². The fourth-order valence-corrected chi connectivity index (χ4v) is 2.66. The molecule has 0 radical (unpaired) electrons. The van der Waals surface area contributed by atoms with Crippen molar-refractivity contribution < 1.29 is 13.2 Å². The molecule has 1 aromatic carbocycles. The number of thiophene rings is 1. The average molecular weight is 296 g/mol. The molecular formula is C12H12N2O3S2. The molecule has 2 aromatic rings. The van der Waals surface area contributed by atoms with Crippen LogP contribution in [0.5, 0.6) is 0 Å². The second kappa shape index (κ2) is 5.12. The predicted molar refractivity (Wildman–Crippen MR) is 74.8 cm³/mol. The number of carbonyl (C=O) groups is 1. The Hall–Kier alpha value is -1.70. The number of hydrogen-bond donors (Lipinski definition) is 2. The fourth-order valence-electron chi connectivity index (χ4n) is 1.50. The lowest BCUT2D eigenvalue weighted by Gasteiger charge is -2.09. The van der Waals surface area contributed by atoms with Crippen molar-refractivity contribution in [1.82, 2.24) is 0 Å². The largest absolute Gasteiger partial charge is 0.321 e. The highest BCUT2D eigenvalue weighted by atomic mass is 32.2. The van der Waals surface area contributed by atoms with Gasteiger partial charge in [0.15, 0.2) is 0 Å². The molecule has 0 bridgehead atoms. The monoisotopic (exact) mass is 296 g/mol. The molecule has 1 aromatic heterocycles. The Labute approximate surface area is 115 Å². The van der Waals surface area contributed by atoms with Gasteiger partial charge in [0.05, 0.1) is 9.77 Å². The number of aryl methyl sites for hydroxylation is 1. The summed E-state index contributed by atoms with van der Waals surface area (Å²) >= 11 is 1.31. The molecule has 0 fully saturated rings. The normalized spacial score (nSPS) is 11.3. The number of sulfonamides is 1. The van der Waals surface area contributed by atoms with E-state index in [1.54, 1.807) is 30.5 Å². The van der Waals surface area contributed by atoms with Gasteiger partial charge in [-0.1, -0.05) is 12.1 Å². The minimum atomic E-state index is -3.78. The topological polar surface area (TPSA) is 89.3 Å². The first kappa shape index (κ1) is 13.7. The molecule has 0 saturated heterocycles. The first-order chi connectivity index (χ1) is 8.88. The van der Waals surface area contributed by atoms with Gasteiger partial charge in [-0.15, -0.1) is 11.3 Å². The highest BCUT2D eigenvalue weighted by Crippen LogP contribution is 2.21. The Morgan fingerprint density at radius 3 is 2.63 bits per heavy atom. The van der Waals surface area contributed by atoms with Crippen LogP contribution in [0.4, 0.5) is 5.69 Å². The zero-order valence-corrected chi connectivity index (χ0v) is 11.7. The van der Waals surface area contributed by atoms with Crippen molar-refractivity contribution >= 4 is 33.0 Å². The molecule has 0 aliphatic carbocycles. The summed E-state index contributed by atoms with van der Waals surface area (Å²) in [4.78, 5) is 12.4. The summed E-state index contributed by atoms with van der Waals surface area (Å²) in [5.74, 6) is -0.273. The summed E-state index contributed by atoms with van der Waals surface area (Å²) in [6, 6.07) is 7.83. The third-order valence-corrected chi connectivity index (χ3v) is 4.31. The number of nitrogens with one attached hydrogen (secondary N) is 1. The summed E-state index contributed by atoms with van der Waals surface area (Å²) in [6.45, 7) is 1.77. The third-order valence-electron chi connectivity index (χ3n) is 2.53. The summed E-state index contributed by atoms with van der Waals surface area (Å²) in [5, 5.41) is 9.53. The van der Waals surface area contributed by atoms with Crippen molar-refractivity contribution in [3.63, 3.8) is 0 Å². The Balaban J connectivity index is 2.32. The molecule has 19 heavy (non-hydrogen) atoms.